The molecule has 0 aliphatic heterocycles. The molecule has 19 heavy (non-hydrogen) atoms. The number of benzene rings is 2. The van der Waals surface area contributed by atoms with Crippen LogP contribution >= 0.6 is 22.6 Å². The van der Waals surface area contributed by atoms with Crippen molar-refractivity contribution in [1.82, 2.24) is 0 Å². The average molecular weight is 367 g/mol. The Kier molecular flexibility index (Phi) is 4.82. The smallest absolute Gasteiger partial charge is 0.119 e. The highest BCUT2D eigenvalue weighted by Crippen LogP contribution is 2.28. The van der Waals surface area contributed by atoms with Gasteiger partial charge in [0.1, 0.15) is 5.75 Å². The van der Waals surface area contributed by atoms with E-state index < -0.39 is 0 Å². The van der Waals surface area contributed by atoms with Crippen LogP contribution in [0.15, 0.2) is 42.5 Å². The van der Waals surface area contributed by atoms with E-state index in [1.807, 2.05) is 31.2 Å². The number of ether oxygens (including phenoxy) is 1. The molecule has 0 bridgehead atoms. The fraction of sp³-hybridized carbons (Fsp3) is 0.250. The molecule has 2 aromatic carbocycles. The minimum Gasteiger partial charge on any atom is -0.494 e. The summed E-state index contributed by atoms with van der Waals surface area (Å²) >= 11 is 2.36. The molecule has 0 heterocycles. The number of nitrogens with two attached hydrogens (primary N) is 1. The van der Waals surface area contributed by atoms with E-state index in [1.54, 1.807) is 0 Å². The quantitative estimate of drug-likeness (QED) is 0.828. The van der Waals surface area contributed by atoms with Gasteiger partial charge in [-0.3, -0.25) is 0 Å². The van der Waals surface area contributed by atoms with Crippen LogP contribution in [0.3, 0.4) is 0 Å². The zero-order valence-electron chi connectivity index (χ0n) is 11.2. The zero-order valence-corrected chi connectivity index (χ0v) is 13.3. The molecule has 2 nitrogen and oxygen atoms in total. The van der Waals surface area contributed by atoms with Crippen molar-refractivity contribution in [2.24, 2.45) is 5.73 Å². The Labute approximate surface area is 128 Å². The zero-order chi connectivity index (χ0) is 13.8. The molecule has 0 saturated carbocycles. The highest BCUT2D eigenvalue weighted by molar-refractivity contribution is 14.1. The first-order valence-corrected chi connectivity index (χ1v) is 7.44. The Morgan fingerprint density at radius 2 is 1.95 bits per heavy atom. The number of hydrogen-bond acceptors (Lipinski definition) is 2. The fourth-order valence-electron chi connectivity index (χ4n) is 2.05. The van der Waals surface area contributed by atoms with E-state index >= 15 is 0 Å². The molecule has 0 saturated heterocycles. The van der Waals surface area contributed by atoms with E-state index in [0.29, 0.717) is 6.61 Å². The van der Waals surface area contributed by atoms with Gasteiger partial charge in [0.25, 0.3) is 0 Å². The molecule has 0 aliphatic carbocycles. The fourth-order valence-corrected chi connectivity index (χ4v) is 2.75. The van der Waals surface area contributed by atoms with Gasteiger partial charge in [-0.15, -0.1) is 0 Å². The van der Waals surface area contributed by atoms with Crippen molar-refractivity contribution >= 4 is 22.6 Å². The summed E-state index contributed by atoms with van der Waals surface area (Å²) in [6, 6.07) is 14.1. The second-order valence-corrected chi connectivity index (χ2v) is 5.54. The van der Waals surface area contributed by atoms with E-state index in [9.17, 15) is 0 Å². The van der Waals surface area contributed by atoms with Gasteiger partial charge in [-0.2, -0.15) is 0 Å². The maximum Gasteiger partial charge on any atom is 0.119 e. The lowest BCUT2D eigenvalue weighted by molar-refractivity contribution is 0.340. The van der Waals surface area contributed by atoms with E-state index in [0.717, 1.165) is 16.9 Å². The van der Waals surface area contributed by atoms with Crippen LogP contribution in [-0.4, -0.2) is 6.61 Å². The predicted molar refractivity (Wildman–Crippen MR) is 87.5 cm³/mol. The molecule has 0 amide bonds. The van der Waals surface area contributed by atoms with Crippen LogP contribution in [0, 0.1) is 10.5 Å². The second kappa shape index (κ2) is 6.39. The first-order chi connectivity index (χ1) is 9.13. The van der Waals surface area contributed by atoms with Crippen molar-refractivity contribution < 1.29 is 4.74 Å². The Hall–Kier alpha value is -1.07. The third-order valence-corrected chi connectivity index (χ3v) is 4.56. The van der Waals surface area contributed by atoms with Gasteiger partial charge >= 0.3 is 0 Å². The monoisotopic (exact) mass is 367 g/mol. The first-order valence-electron chi connectivity index (χ1n) is 6.36. The van der Waals surface area contributed by atoms with Crippen molar-refractivity contribution in [2.75, 3.05) is 6.61 Å². The van der Waals surface area contributed by atoms with Crippen molar-refractivity contribution in [1.29, 1.82) is 0 Å². The SMILES string of the molecule is CCOc1cccc(C(N)c2cccc(C)c2I)c1. The molecule has 0 fully saturated rings. The van der Waals surface area contributed by atoms with Gasteiger partial charge in [-0.25, -0.2) is 0 Å². The van der Waals surface area contributed by atoms with Crippen LogP contribution in [0.4, 0.5) is 0 Å². The van der Waals surface area contributed by atoms with Crippen LogP contribution in [0.5, 0.6) is 5.75 Å². The van der Waals surface area contributed by atoms with Crippen molar-refractivity contribution in [3.63, 3.8) is 0 Å². The summed E-state index contributed by atoms with van der Waals surface area (Å²) in [6.45, 7) is 4.76. The predicted octanol–water partition coefficient (Wildman–Crippen LogP) is 4.05. The van der Waals surface area contributed by atoms with E-state index in [4.69, 9.17) is 10.5 Å². The summed E-state index contributed by atoms with van der Waals surface area (Å²) in [5, 5.41) is 0. The lowest BCUT2D eigenvalue weighted by atomic mass is 9.98. The summed E-state index contributed by atoms with van der Waals surface area (Å²) in [5.41, 5.74) is 9.89. The minimum absolute atomic E-state index is 0.118. The van der Waals surface area contributed by atoms with Crippen LogP contribution < -0.4 is 10.5 Å². The third-order valence-electron chi connectivity index (χ3n) is 3.08. The highest BCUT2D eigenvalue weighted by Gasteiger charge is 2.13. The Morgan fingerprint density at radius 3 is 2.68 bits per heavy atom. The number of rotatable bonds is 4. The van der Waals surface area contributed by atoms with E-state index in [-0.39, 0.29) is 6.04 Å². The van der Waals surface area contributed by atoms with Gasteiger partial charge in [-0.1, -0.05) is 30.3 Å². The highest BCUT2D eigenvalue weighted by atomic mass is 127. The average Bonchev–Trinajstić information content (AvgIpc) is 2.42. The Morgan fingerprint density at radius 1 is 1.21 bits per heavy atom. The first kappa shape index (κ1) is 14.3. The largest absolute Gasteiger partial charge is 0.494 e. The second-order valence-electron chi connectivity index (χ2n) is 4.46. The molecule has 100 valence electrons. The molecule has 2 aromatic rings. The maximum atomic E-state index is 6.39. The number of halogens is 1. The van der Waals surface area contributed by atoms with Gasteiger partial charge in [0.2, 0.25) is 0 Å². The summed E-state index contributed by atoms with van der Waals surface area (Å²) in [6.07, 6.45) is 0. The van der Waals surface area contributed by atoms with Gasteiger partial charge < -0.3 is 10.5 Å². The topological polar surface area (TPSA) is 35.2 Å². The Balaban J connectivity index is 2.35. The molecule has 0 radical (unpaired) electrons. The maximum absolute atomic E-state index is 6.39. The number of aryl methyl sites for hydroxylation is 1. The van der Waals surface area contributed by atoms with E-state index in [2.05, 4.69) is 47.7 Å². The summed E-state index contributed by atoms with van der Waals surface area (Å²) in [5.74, 6) is 0.873. The summed E-state index contributed by atoms with van der Waals surface area (Å²) in [4.78, 5) is 0. The molecule has 0 aliphatic rings. The van der Waals surface area contributed by atoms with Crippen LogP contribution in [0.2, 0.25) is 0 Å². The van der Waals surface area contributed by atoms with Crippen LogP contribution in [0.1, 0.15) is 29.7 Å². The van der Waals surface area contributed by atoms with Crippen LogP contribution in [0.25, 0.3) is 0 Å². The van der Waals surface area contributed by atoms with Crippen molar-refractivity contribution in [3.05, 3.63) is 62.7 Å². The lowest BCUT2D eigenvalue weighted by Gasteiger charge is -2.16. The molecule has 0 spiro atoms. The van der Waals surface area contributed by atoms with Gasteiger partial charge in [-0.05, 0) is 65.3 Å². The normalized spacial score (nSPS) is 12.2. The molecular weight excluding hydrogens is 349 g/mol. The molecule has 3 heteroatoms. The summed E-state index contributed by atoms with van der Waals surface area (Å²) in [7, 11) is 0. The third kappa shape index (κ3) is 3.28. The molecule has 2 rings (SSSR count). The van der Waals surface area contributed by atoms with Crippen molar-refractivity contribution in [2.45, 2.75) is 19.9 Å². The minimum atomic E-state index is -0.118. The molecule has 0 aromatic heterocycles. The molecular formula is C16H18INO. The lowest BCUT2D eigenvalue weighted by Crippen LogP contribution is -2.14. The standard InChI is InChI=1S/C16H18INO/c1-3-19-13-8-5-7-12(10-13)16(18)14-9-4-6-11(2)15(14)17/h4-10,16H,3,18H2,1-2H3. The van der Waals surface area contributed by atoms with E-state index in [1.165, 1.54) is 9.13 Å². The molecule has 2 N–H and O–H groups in total. The van der Waals surface area contributed by atoms with Gasteiger partial charge in [0.15, 0.2) is 0 Å². The van der Waals surface area contributed by atoms with Gasteiger partial charge in [0.05, 0.1) is 12.6 Å². The summed E-state index contributed by atoms with van der Waals surface area (Å²) < 4.78 is 6.76. The molecule has 1 unspecified atom stereocenters. The van der Waals surface area contributed by atoms with Gasteiger partial charge in [0, 0.05) is 3.57 Å². The van der Waals surface area contributed by atoms with Crippen molar-refractivity contribution in [3.8, 4) is 5.75 Å². The number of hydrogen-bond donors (Lipinski definition) is 1. The van der Waals surface area contributed by atoms with Crippen LogP contribution in [-0.2, 0) is 0 Å². The molecule has 1 atom stereocenters. The Bertz CT molecular complexity index is 568.